The first-order valence-electron chi connectivity index (χ1n) is 6.10. The number of pyridine rings is 1. The molecule has 0 aliphatic carbocycles. The van der Waals surface area contributed by atoms with Crippen LogP contribution in [0, 0.1) is 6.92 Å². The lowest BCUT2D eigenvalue weighted by molar-refractivity contribution is -0.138. The highest BCUT2D eigenvalue weighted by Crippen LogP contribution is 2.22. The van der Waals surface area contributed by atoms with E-state index in [1.165, 1.54) is 0 Å². The van der Waals surface area contributed by atoms with E-state index in [9.17, 15) is 9.90 Å². The second-order valence-electron chi connectivity index (χ2n) is 4.59. The molecule has 17 heavy (non-hydrogen) atoms. The van der Waals surface area contributed by atoms with Gasteiger partial charge in [0, 0.05) is 12.7 Å². The van der Waals surface area contributed by atoms with E-state index >= 15 is 0 Å². The number of anilines is 1. The average molecular weight is 234 g/mol. The fourth-order valence-corrected chi connectivity index (χ4v) is 2.27. The lowest BCUT2D eigenvalue weighted by Crippen LogP contribution is -2.41. The molecule has 0 spiro atoms. The molecule has 4 heteroatoms. The minimum atomic E-state index is -0.741. The summed E-state index contributed by atoms with van der Waals surface area (Å²) in [5.74, 6) is 0.0409. The fourth-order valence-electron chi connectivity index (χ4n) is 2.27. The highest BCUT2D eigenvalue weighted by molar-refractivity contribution is 5.77. The first-order valence-corrected chi connectivity index (χ1v) is 6.10. The van der Waals surface area contributed by atoms with Gasteiger partial charge >= 0.3 is 5.97 Å². The highest BCUT2D eigenvalue weighted by Gasteiger charge is 2.27. The number of hydrogen-bond donors (Lipinski definition) is 1. The van der Waals surface area contributed by atoms with Gasteiger partial charge in [-0.05, 0) is 31.4 Å². The Morgan fingerprint density at radius 1 is 1.41 bits per heavy atom. The summed E-state index contributed by atoms with van der Waals surface area (Å²) in [4.78, 5) is 17.6. The van der Waals surface area contributed by atoms with E-state index in [0.717, 1.165) is 37.2 Å². The Morgan fingerprint density at radius 3 is 2.88 bits per heavy atom. The molecule has 2 rings (SSSR count). The minimum absolute atomic E-state index is 0.423. The number of aromatic nitrogens is 1. The van der Waals surface area contributed by atoms with Crippen molar-refractivity contribution in [2.75, 3.05) is 11.4 Å². The van der Waals surface area contributed by atoms with Crippen molar-refractivity contribution in [3.8, 4) is 0 Å². The summed E-state index contributed by atoms with van der Waals surface area (Å²) >= 11 is 0. The van der Waals surface area contributed by atoms with Gasteiger partial charge in [-0.1, -0.05) is 18.9 Å². The summed E-state index contributed by atoms with van der Waals surface area (Å²) in [5, 5.41) is 9.28. The molecule has 4 nitrogen and oxygen atoms in total. The Kier molecular flexibility index (Phi) is 3.61. The van der Waals surface area contributed by atoms with Crippen LogP contribution in [0.2, 0.25) is 0 Å². The standard InChI is InChI=1S/C13H18N2O2/c1-10-6-7-12(14-9-10)15-8-4-2-3-5-11(15)13(16)17/h6-7,9,11H,2-5,8H2,1H3,(H,16,17). The number of nitrogens with zero attached hydrogens (tertiary/aromatic N) is 2. The molecule has 0 aromatic carbocycles. The van der Waals surface area contributed by atoms with E-state index in [1.54, 1.807) is 6.20 Å². The maximum Gasteiger partial charge on any atom is 0.326 e. The molecule has 1 aromatic rings. The molecular formula is C13H18N2O2. The van der Waals surface area contributed by atoms with Crippen LogP contribution in [0.3, 0.4) is 0 Å². The van der Waals surface area contributed by atoms with Crippen molar-refractivity contribution in [3.63, 3.8) is 0 Å². The van der Waals surface area contributed by atoms with Crippen LogP contribution < -0.4 is 4.90 Å². The largest absolute Gasteiger partial charge is 0.480 e. The van der Waals surface area contributed by atoms with Crippen LogP contribution in [-0.2, 0) is 4.79 Å². The number of aliphatic carboxylic acids is 1. The number of rotatable bonds is 2. The van der Waals surface area contributed by atoms with Crippen LogP contribution in [0.1, 0.15) is 31.2 Å². The van der Waals surface area contributed by atoms with E-state index in [2.05, 4.69) is 4.98 Å². The molecule has 0 bridgehead atoms. The maximum absolute atomic E-state index is 11.3. The minimum Gasteiger partial charge on any atom is -0.480 e. The summed E-state index contributed by atoms with van der Waals surface area (Å²) in [6.45, 7) is 2.76. The Labute approximate surface area is 101 Å². The molecule has 1 aliphatic rings. The predicted octanol–water partition coefficient (Wildman–Crippen LogP) is 2.22. The molecule has 1 atom stereocenters. The molecule has 2 heterocycles. The first-order chi connectivity index (χ1) is 8.18. The fraction of sp³-hybridized carbons (Fsp3) is 0.538. The Bertz CT molecular complexity index is 389. The van der Waals surface area contributed by atoms with E-state index in [4.69, 9.17) is 0 Å². The molecule has 0 radical (unpaired) electrons. The Morgan fingerprint density at radius 2 is 2.24 bits per heavy atom. The van der Waals surface area contributed by atoms with Crippen molar-refractivity contribution < 1.29 is 9.90 Å². The summed E-state index contributed by atoms with van der Waals surface area (Å²) < 4.78 is 0. The first kappa shape index (κ1) is 11.9. The van der Waals surface area contributed by atoms with E-state index in [0.29, 0.717) is 6.42 Å². The SMILES string of the molecule is Cc1ccc(N2CCCCCC2C(=O)O)nc1. The summed E-state index contributed by atoms with van der Waals surface area (Å²) in [5.41, 5.74) is 1.09. The summed E-state index contributed by atoms with van der Waals surface area (Å²) in [6, 6.07) is 3.47. The van der Waals surface area contributed by atoms with Crippen LogP contribution >= 0.6 is 0 Å². The Hall–Kier alpha value is -1.58. The van der Waals surface area contributed by atoms with Gasteiger partial charge in [0.05, 0.1) is 0 Å². The van der Waals surface area contributed by atoms with E-state index in [-0.39, 0.29) is 0 Å². The van der Waals surface area contributed by atoms with Gasteiger partial charge in [0.25, 0.3) is 0 Å². The van der Waals surface area contributed by atoms with Gasteiger partial charge in [0.1, 0.15) is 11.9 Å². The van der Waals surface area contributed by atoms with Gasteiger partial charge in [-0.25, -0.2) is 9.78 Å². The lowest BCUT2D eigenvalue weighted by Gasteiger charge is -2.27. The molecule has 1 aromatic heterocycles. The van der Waals surface area contributed by atoms with Gasteiger partial charge < -0.3 is 10.0 Å². The molecule has 1 aliphatic heterocycles. The maximum atomic E-state index is 11.3. The van der Waals surface area contributed by atoms with Crippen molar-refractivity contribution in [1.82, 2.24) is 4.98 Å². The lowest BCUT2D eigenvalue weighted by atomic mass is 10.1. The number of carbonyl (C=O) groups is 1. The highest BCUT2D eigenvalue weighted by atomic mass is 16.4. The van der Waals surface area contributed by atoms with Crippen LogP contribution in [0.4, 0.5) is 5.82 Å². The molecule has 1 saturated heterocycles. The second-order valence-corrected chi connectivity index (χ2v) is 4.59. The topological polar surface area (TPSA) is 53.4 Å². The molecule has 1 unspecified atom stereocenters. The van der Waals surface area contributed by atoms with Crippen LogP contribution in [0.25, 0.3) is 0 Å². The molecule has 0 saturated carbocycles. The molecule has 92 valence electrons. The summed E-state index contributed by atoms with van der Waals surface area (Å²) in [6.07, 6.45) is 5.63. The quantitative estimate of drug-likeness (QED) is 0.852. The monoisotopic (exact) mass is 234 g/mol. The van der Waals surface area contributed by atoms with Crippen LogP contribution in [0.15, 0.2) is 18.3 Å². The van der Waals surface area contributed by atoms with Gasteiger partial charge in [0.15, 0.2) is 0 Å². The van der Waals surface area contributed by atoms with Crippen LogP contribution in [-0.4, -0.2) is 28.6 Å². The predicted molar refractivity (Wildman–Crippen MR) is 66.2 cm³/mol. The zero-order valence-corrected chi connectivity index (χ0v) is 10.1. The van der Waals surface area contributed by atoms with Crippen LogP contribution in [0.5, 0.6) is 0 Å². The average Bonchev–Trinajstić information content (AvgIpc) is 2.55. The van der Waals surface area contributed by atoms with Gasteiger partial charge in [-0.2, -0.15) is 0 Å². The third-order valence-electron chi connectivity index (χ3n) is 3.23. The number of carboxylic acid groups (broad SMARTS) is 1. The molecule has 1 fully saturated rings. The van der Waals surface area contributed by atoms with Crippen molar-refractivity contribution in [1.29, 1.82) is 0 Å². The van der Waals surface area contributed by atoms with Gasteiger partial charge in [-0.15, -0.1) is 0 Å². The number of carboxylic acids is 1. The zero-order valence-electron chi connectivity index (χ0n) is 10.1. The van der Waals surface area contributed by atoms with Crippen molar-refractivity contribution >= 4 is 11.8 Å². The normalized spacial score (nSPS) is 21.0. The third kappa shape index (κ3) is 2.75. The molecular weight excluding hydrogens is 216 g/mol. The van der Waals surface area contributed by atoms with Crippen molar-refractivity contribution in [3.05, 3.63) is 23.9 Å². The van der Waals surface area contributed by atoms with Crippen molar-refractivity contribution in [2.45, 2.75) is 38.6 Å². The van der Waals surface area contributed by atoms with Crippen molar-refractivity contribution in [2.24, 2.45) is 0 Å². The van der Waals surface area contributed by atoms with E-state index < -0.39 is 12.0 Å². The van der Waals surface area contributed by atoms with Gasteiger partial charge in [0.2, 0.25) is 0 Å². The van der Waals surface area contributed by atoms with Gasteiger partial charge in [-0.3, -0.25) is 0 Å². The number of hydrogen-bond acceptors (Lipinski definition) is 3. The smallest absolute Gasteiger partial charge is 0.326 e. The number of aryl methyl sites for hydroxylation is 1. The zero-order chi connectivity index (χ0) is 12.3. The molecule has 0 amide bonds. The third-order valence-corrected chi connectivity index (χ3v) is 3.23. The Balaban J connectivity index is 2.25. The second kappa shape index (κ2) is 5.17. The van der Waals surface area contributed by atoms with E-state index in [1.807, 2.05) is 24.0 Å². The molecule has 1 N–H and O–H groups in total. The summed E-state index contributed by atoms with van der Waals surface area (Å²) in [7, 11) is 0.